The number of benzene rings is 1. The van der Waals surface area contributed by atoms with Gasteiger partial charge < -0.3 is 9.47 Å². The van der Waals surface area contributed by atoms with E-state index in [-0.39, 0.29) is 17.9 Å². The number of imidazole rings is 1. The second-order valence-corrected chi connectivity index (χ2v) is 7.28. The maximum Gasteiger partial charge on any atom is 0.227 e. The Balaban J connectivity index is 1.74. The van der Waals surface area contributed by atoms with Crippen LogP contribution in [-0.4, -0.2) is 26.9 Å². The molecule has 2 aromatic rings. The first-order valence-corrected chi connectivity index (χ1v) is 9.39. The van der Waals surface area contributed by atoms with E-state index < -0.39 is 0 Å². The lowest BCUT2D eigenvalue weighted by atomic mass is 9.98. The monoisotopic (exact) mass is 339 g/mol. The number of aryl methyl sites for hydroxylation is 3. The topological polar surface area (TPSA) is 38.1 Å². The standard InChI is InChI=1S/C21H29N3O/c1-5-20-22-10-12-23(20)14-17(4)21(25)24-11-6-7-19(24)18-9-8-15(2)16(3)13-18/h8-10,12-13,17,19H,5-7,11,14H2,1-4H3/t17-,19-/m1/s1. The molecule has 1 aromatic heterocycles. The zero-order valence-corrected chi connectivity index (χ0v) is 15.8. The van der Waals surface area contributed by atoms with Crippen LogP contribution in [0, 0.1) is 19.8 Å². The van der Waals surface area contributed by atoms with Gasteiger partial charge in [0.15, 0.2) is 0 Å². The van der Waals surface area contributed by atoms with Gasteiger partial charge in [0.2, 0.25) is 5.91 Å². The van der Waals surface area contributed by atoms with Gasteiger partial charge in [-0.05, 0) is 43.4 Å². The fraction of sp³-hybridized carbons (Fsp3) is 0.524. The lowest BCUT2D eigenvalue weighted by molar-refractivity contribution is -0.136. The normalized spacial score (nSPS) is 18.6. The lowest BCUT2D eigenvalue weighted by Gasteiger charge is -2.28. The number of hydrogen-bond donors (Lipinski definition) is 0. The number of amides is 1. The van der Waals surface area contributed by atoms with Crippen LogP contribution >= 0.6 is 0 Å². The number of carbonyl (C=O) groups is 1. The summed E-state index contributed by atoms with van der Waals surface area (Å²) in [4.78, 5) is 19.6. The van der Waals surface area contributed by atoms with Crippen LogP contribution in [0.4, 0.5) is 0 Å². The van der Waals surface area contributed by atoms with Gasteiger partial charge in [-0.1, -0.05) is 32.0 Å². The van der Waals surface area contributed by atoms with Gasteiger partial charge in [0, 0.05) is 31.9 Å². The van der Waals surface area contributed by atoms with Gasteiger partial charge in [-0.3, -0.25) is 4.79 Å². The quantitative estimate of drug-likeness (QED) is 0.824. The Morgan fingerprint density at radius 1 is 1.32 bits per heavy atom. The summed E-state index contributed by atoms with van der Waals surface area (Å²) in [5.41, 5.74) is 3.88. The Morgan fingerprint density at radius 2 is 2.12 bits per heavy atom. The van der Waals surface area contributed by atoms with Crippen LogP contribution in [0.15, 0.2) is 30.6 Å². The van der Waals surface area contributed by atoms with Gasteiger partial charge in [0.05, 0.1) is 12.0 Å². The zero-order chi connectivity index (χ0) is 18.0. The summed E-state index contributed by atoms with van der Waals surface area (Å²) < 4.78 is 2.11. The molecule has 3 rings (SSSR count). The van der Waals surface area contributed by atoms with E-state index in [0.29, 0.717) is 6.54 Å². The van der Waals surface area contributed by atoms with Crippen LogP contribution < -0.4 is 0 Å². The molecule has 0 unspecified atom stereocenters. The van der Waals surface area contributed by atoms with Crippen LogP contribution in [0.25, 0.3) is 0 Å². The highest BCUT2D eigenvalue weighted by molar-refractivity contribution is 5.79. The van der Waals surface area contributed by atoms with Gasteiger partial charge in [0.25, 0.3) is 0 Å². The van der Waals surface area contributed by atoms with Crippen LogP contribution in [0.3, 0.4) is 0 Å². The first-order valence-electron chi connectivity index (χ1n) is 9.39. The zero-order valence-electron chi connectivity index (χ0n) is 15.8. The largest absolute Gasteiger partial charge is 0.335 e. The Hall–Kier alpha value is -2.10. The molecule has 4 nitrogen and oxygen atoms in total. The molecule has 0 saturated carbocycles. The van der Waals surface area contributed by atoms with Crippen molar-refractivity contribution in [1.82, 2.24) is 14.5 Å². The molecule has 4 heteroatoms. The number of rotatable bonds is 5. The smallest absolute Gasteiger partial charge is 0.227 e. The molecule has 0 N–H and O–H groups in total. The first-order chi connectivity index (χ1) is 12.0. The molecule has 1 fully saturated rings. The summed E-state index contributed by atoms with van der Waals surface area (Å²) in [6.45, 7) is 9.99. The van der Waals surface area contributed by atoms with E-state index in [4.69, 9.17) is 0 Å². The van der Waals surface area contributed by atoms with Gasteiger partial charge in [-0.2, -0.15) is 0 Å². The molecule has 1 amide bonds. The molecule has 1 aliphatic rings. The molecule has 0 bridgehead atoms. The van der Waals surface area contributed by atoms with Gasteiger partial charge >= 0.3 is 0 Å². The SMILES string of the molecule is CCc1nccn1C[C@@H](C)C(=O)N1CCC[C@@H]1c1ccc(C)c(C)c1. The average molecular weight is 339 g/mol. The minimum Gasteiger partial charge on any atom is -0.335 e. The molecule has 1 aliphatic heterocycles. The van der Waals surface area contributed by atoms with Crippen molar-refractivity contribution in [2.45, 2.75) is 59.5 Å². The minimum atomic E-state index is -0.0355. The highest BCUT2D eigenvalue weighted by Gasteiger charge is 2.32. The average Bonchev–Trinajstić information content (AvgIpc) is 3.25. The van der Waals surface area contributed by atoms with E-state index >= 15 is 0 Å². The maximum atomic E-state index is 13.1. The third-order valence-electron chi connectivity index (χ3n) is 5.46. The molecule has 134 valence electrons. The Bertz CT molecular complexity index is 749. The Morgan fingerprint density at radius 3 is 2.84 bits per heavy atom. The van der Waals surface area contributed by atoms with Crippen molar-refractivity contribution in [3.05, 3.63) is 53.1 Å². The highest BCUT2D eigenvalue weighted by atomic mass is 16.2. The summed E-state index contributed by atoms with van der Waals surface area (Å²) in [7, 11) is 0. The Kier molecular flexibility index (Phi) is 5.26. The fourth-order valence-electron chi connectivity index (χ4n) is 3.83. The van der Waals surface area contributed by atoms with Crippen molar-refractivity contribution in [2.24, 2.45) is 5.92 Å². The van der Waals surface area contributed by atoms with Gasteiger partial charge in [-0.15, -0.1) is 0 Å². The summed E-state index contributed by atoms with van der Waals surface area (Å²) in [6, 6.07) is 6.84. The lowest BCUT2D eigenvalue weighted by Crippen LogP contribution is -2.36. The van der Waals surface area contributed by atoms with E-state index in [1.165, 1.54) is 16.7 Å². The minimum absolute atomic E-state index is 0.0355. The number of nitrogens with zero attached hydrogens (tertiary/aromatic N) is 3. The molecule has 1 aromatic carbocycles. The first kappa shape index (κ1) is 17.7. The van der Waals surface area contributed by atoms with Gasteiger partial charge in [-0.25, -0.2) is 4.98 Å². The molecule has 0 radical (unpaired) electrons. The van der Waals surface area contributed by atoms with Crippen molar-refractivity contribution in [3.63, 3.8) is 0 Å². The van der Waals surface area contributed by atoms with E-state index in [1.807, 2.05) is 19.3 Å². The molecule has 2 atom stereocenters. The van der Waals surface area contributed by atoms with Crippen molar-refractivity contribution < 1.29 is 4.79 Å². The van der Waals surface area contributed by atoms with Crippen LogP contribution in [0.1, 0.15) is 55.2 Å². The molecule has 1 saturated heterocycles. The third-order valence-corrected chi connectivity index (χ3v) is 5.46. The van der Waals surface area contributed by atoms with Crippen molar-refractivity contribution in [1.29, 1.82) is 0 Å². The molecule has 25 heavy (non-hydrogen) atoms. The van der Waals surface area contributed by atoms with E-state index in [9.17, 15) is 4.79 Å². The maximum absolute atomic E-state index is 13.1. The molecule has 0 aliphatic carbocycles. The molecular formula is C21H29N3O. The second kappa shape index (κ2) is 7.42. The molecule has 2 heterocycles. The summed E-state index contributed by atoms with van der Waals surface area (Å²) in [6.07, 6.45) is 6.84. The summed E-state index contributed by atoms with van der Waals surface area (Å²) in [5, 5.41) is 0. The Labute approximate surface area is 150 Å². The number of likely N-dealkylation sites (tertiary alicyclic amines) is 1. The number of aromatic nitrogens is 2. The summed E-state index contributed by atoms with van der Waals surface area (Å²) in [5.74, 6) is 1.27. The predicted octanol–water partition coefficient (Wildman–Crippen LogP) is 4.06. The predicted molar refractivity (Wildman–Crippen MR) is 100 cm³/mol. The number of hydrogen-bond acceptors (Lipinski definition) is 2. The van der Waals surface area contributed by atoms with E-state index in [1.54, 1.807) is 0 Å². The van der Waals surface area contributed by atoms with Crippen LogP contribution in [0.2, 0.25) is 0 Å². The van der Waals surface area contributed by atoms with Crippen LogP contribution in [-0.2, 0) is 17.8 Å². The molecule has 0 spiro atoms. The van der Waals surface area contributed by atoms with Crippen molar-refractivity contribution in [3.8, 4) is 0 Å². The second-order valence-electron chi connectivity index (χ2n) is 7.28. The highest BCUT2D eigenvalue weighted by Crippen LogP contribution is 2.34. The van der Waals surface area contributed by atoms with Crippen molar-refractivity contribution >= 4 is 5.91 Å². The fourth-order valence-corrected chi connectivity index (χ4v) is 3.83. The third kappa shape index (κ3) is 3.63. The van der Waals surface area contributed by atoms with E-state index in [2.05, 4.69) is 53.4 Å². The van der Waals surface area contributed by atoms with Crippen LogP contribution in [0.5, 0.6) is 0 Å². The number of carbonyl (C=O) groups excluding carboxylic acids is 1. The molecular weight excluding hydrogens is 310 g/mol. The van der Waals surface area contributed by atoms with Gasteiger partial charge in [0.1, 0.15) is 5.82 Å². The van der Waals surface area contributed by atoms with Crippen molar-refractivity contribution in [2.75, 3.05) is 6.54 Å². The summed E-state index contributed by atoms with van der Waals surface area (Å²) >= 11 is 0. The van der Waals surface area contributed by atoms with E-state index in [0.717, 1.165) is 31.6 Å².